The van der Waals surface area contributed by atoms with Gasteiger partial charge >= 0.3 is 12.1 Å². The van der Waals surface area contributed by atoms with E-state index in [1.807, 2.05) is 0 Å². The molecule has 2 unspecified atom stereocenters. The molecular formula is C15H29F3O6SSi. The Bertz CT molecular complexity index is 536. The molecule has 11 heteroatoms. The molecule has 0 radical (unpaired) electrons. The first kappa shape index (κ1) is 25.3. The van der Waals surface area contributed by atoms with E-state index in [1.165, 1.54) is 0 Å². The highest BCUT2D eigenvalue weighted by Gasteiger charge is 2.45. The summed E-state index contributed by atoms with van der Waals surface area (Å²) in [5.74, 6) is -2.84. The zero-order valence-corrected chi connectivity index (χ0v) is 17.5. The predicted octanol–water partition coefficient (Wildman–Crippen LogP) is 3.93. The Balaban J connectivity index is 4.70. The molecule has 156 valence electrons. The molecule has 0 fully saturated rings. The fraction of sp³-hybridized carbons (Fsp3) is 0.933. The van der Waals surface area contributed by atoms with E-state index in [2.05, 4.69) is 24.8 Å². The van der Waals surface area contributed by atoms with Gasteiger partial charge in [-0.1, -0.05) is 32.6 Å². The lowest BCUT2D eigenvalue weighted by Gasteiger charge is -2.31. The van der Waals surface area contributed by atoms with Gasteiger partial charge in [0.25, 0.3) is 10.1 Å². The van der Waals surface area contributed by atoms with E-state index >= 15 is 0 Å². The fourth-order valence-corrected chi connectivity index (χ4v) is 5.33. The molecule has 0 aliphatic heterocycles. The van der Waals surface area contributed by atoms with Gasteiger partial charge in [0, 0.05) is 13.5 Å². The third-order valence-electron chi connectivity index (χ3n) is 4.35. The average molecular weight is 423 g/mol. The molecule has 0 amide bonds. The Kier molecular flexibility index (Phi) is 10.4. The van der Waals surface area contributed by atoms with Gasteiger partial charge in [-0.3, -0.25) is 9.35 Å². The van der Waals surface area contributed by atoms with Gasteiger partial charge in [-0.2, -0.15) is 21.6 Å². The summed E-state index contributed by atoms with van der Waals surface area (Å²) >= 11 is 0. The summed E-state index contributed by atoms with van der Waals surface area (Å²) in [6.45, 7) is 6.16. The third kappa shape index (κ3) is 10.5. The molecule has 0 spiro atoms. The minimum atomic E-state index is -5.07. The van der Waals surface area contributed by atoms with Crippen molar-refractivity contribution in [3.05, 3.63) is 0 Å². The Morgan fingerprint density at radius 1 is 1.19 bits per heavy atom. The Morgan fingerprint density at radius 2 is 1.73 bits per heavy atom. The summed E-state index contributed by atoms with van der Waals surface area (Å²) in [6, 6.07) is 0. The number of carbonyl (C=O) groups excluding carboxylic acids is 1. The van der Waals surface area contributed by atoms with E-state index in [-0.39, 0.29) is 12.0 Å². The highest BCUT2D eigenvalue weighted by atomic mass is 32.2. The zero-order valence-electron chi connectivity index (χ0n) is 15.6. The van der Waals surface area contributed by atoms with Crippen LogP contribution in [0.3, 0.4) is 0 Å². The van der Waals surface area contributed by atoms with E-state index in [4.69, 9.17) is 8.98 Å². The minimum Gasteiger partial charge on any atom is -0.451 e. The summed E-state index contributed by atoms with van der Waals surface area (Å²) in [6.07, 6.45) is -4.32. The van der Waals surface area contributed by atoms with Crippen LogP contribution in [0.15, 0.2) is 0 Å². The molecule has 26 heavy (non-hydrogen) atoms. The molecule has 0 aliphatic rings. The molecule has 2 atom stereocenters. The van der Waals surface area contributed by atoms with Crippen molar-refractivity contribution in [1.82, 2.24) is 0 Å². The first-order valence-electron chi connectivity index (χ1n) is 8.49. The average Bonchev–Trinajstić information content (AvgIpc) is 2.47. The lowest BCUT2D eigenvalue weighted by molar-refractivity contribution is -0.215. The quantitative estimate of drug-likeness (QED) is 0.291. The topological polar surface area (TPSA) is 89.9 Å². The van der Waals surface area contributed by atoms with Gasteiger partial charge in [0.05, 0.1) is 0 Å². The van der Waals surface area contributed by atoms with Crippen molar-refractivity contribution in [2.24, 2.45) is 0 Å². The van der Waals surface area contributed by atoms with Crippen LogP contribution < -0.4 is 0 Å². The largest absolute Gasteiger partial charge is 0.451 e. The lowest BCUT2D eigenvalue weighted by Crippen LogP contribution is -2.39. The molecule has 0 aromatic rings. The predicted molar refractivity (Wildman–Crippen MR) is 94.0 cm³/mol. The van der Waals surface area contributed by atoms with Crippen LogP contribution in [0.4, 0.5) is 13.2 Å². The van der Waals surface area contributed by atoms with Gasteiger partial charge in [0.2, 0.25) is 6.10 Å². The van der Waals surface area contributed by atoms with Crippen LogP contribution in [-0.2, 0) is 24.1 Å². The first-order valence-corrected chi connectivity index (χ1v) is 13.1. The second-order valence-electron chi connectivity index (χ2n) is 6.81. The molecule has 0 heterocycles. The maximum absolute atomic E-state index is 12.7. The number of carbonyl (C=O) groups is 1. The van der Waals surface area contributed by atoms with Gasteiger partial charge in [0.15, 0.2) is 8.32 Å². The van der Waals surface area contributed by atoms with E-state index in [0.29, 0.717) is 12.8 Å². The van der Waals surface area contributed by atoms with Gasteiger partial charge in [-0.05, 0) is 25.1 Å². The van der Waals surface area contributed by atoms with Gasteiger partial charge in [-0.15, -0.1) is 0 Å². The number of hydrogen-bond donors (Lipinski definition) is 1. The summed E-state index contributed by atoms with van der Waals surface area (Å²) < 4.78 is 78.0. The normalized spacial score (nSPS) is 15.5. The van der Waals surface area contributed by atoms with E-state index < -0.39 is 42.4 Å². The van der Waals surface area contributed by atoms with Crippen LogP contribution in [0.2, 0.25) is 18.6 Å². The Morgan fingerprint density at radius 3 is 2.15 bits per heavy atom. The molecule has 6 nitrogen and oxygen atoms in total. The highest BCUT2D eigenvalue weighted by molar-refractivity contribution is 7.85. The van der Waals surface area contributed by atoms with Crippen LogP contribution in [-0.4, -0.2) is 52.4 Å². The van der Waals surface area contributed by atoms with Crippen LogP contribution in [0.25, 0.3) is 0 Å². The Hall–Kier alpha value is -0.653. The standard InChI is InChI=1S/C15H29F3O6SSi/c1-5-6-8-12(26(3,4)23-2)9-7-10-14(19)24-13(15(16,17)18)11-25(20,21)22/h12-13H,5-11H2,1-4H3,(H,20,21,22). The maximum Gasteiger partial charge on any atom is 0.426 e. The molecule has 0 aliphatic carbocycles. The zero-order chi connectivity index (χ0) is 20.6. The first-order chi connectivity index (χ1) is 11.7. The summed E-state index contributed by atoms with van der Waals surface area (Å²) in [5, 5.41) is 0. The molecule has 0 rings (SSSR count). The molecular weight excluding hydrogens is 393 g/mol. The molecule has 0 saturated heterocycles. The highest BCUT2D eigenvalue weighted by Crippen LogP contribution is 2.33. The lowest BCUT2D eigenvalue weighted by atomic mass is 10.1. The van der Waals surface area contributed by atoms with Crippen molar-refractivity contribution >= 4 is 24.4 Å². The van der Waals surface area contributed by atoms with E-state index in [1.54, 1.807) is 7.11 Å². The Labute approximate surface area is 154 Å². The number of esters is 1. The molecule has 0 aromatic heterocycles. The number of alkyl halides is 3. The third-order valence-corrected chi connectivity index (χ3v) is 8.67. The van der Waals surface area contributed by atoms with Crippen LogP contribution in [0.5, 0.6) is 0 Å². The number of unbranched alkanes of at least 4 members (excludes halogenated alkanes) is 1. The van der Waals surface area contributed by atoms with Crippen molar-refractivity contribution in [3.8, 4) is 0 Å². The summed E-state index contributed by atoms with van der Waals surface area (Å²) in [7, 11) is -5.24. The summed E-state index contributed by atoms with van der Waals surface area (Å²) in [4.78, 5) is 11.7. The van der Waals surface area contributed by atoms with E-state index in [0.717, 1.165) is 19.3 Å². The van der Waals surface area contributed by atoms with Crippen LogP contribution in [0.1, 0.15) is 45.4 Å². The maximum atomic E-state index is 12.7. The minimum absolute atomic E-state index is 0.255. The van der Waals surface area contributed by atoms with Gasteiger partial charge in [-0.25, -0.2) is 0 Å². The SMILES string of the molecule is CCCCC(CCCC(=O)OC(CS(=O)(=O)O)C(F)(F)F)[Si](C)(C)OC. The molecule has 0 saturated carbocycles. The number of ether oxygens (including phenoxy) is 1. The second-order valence-corrected chi connectivity index (χ2v) is 12.7. The van der Waals surface area contributed by atoms with Crippen molar-refractivity contribution in [2.45, 2.75) is 76.4 Å². The van der Waals surface area contributed by atoms with Crippen LogP contribution >= 0.6 is 0 Å². The van der Waals surface area contributed by atoms with Crippen molar-refractivity contribution in [2.75, 3.05) is 12.9 Å². The van der Waals surface area contributed by atoms with Gasteiger partial charge in [0.1, 0.15) is 5.75 Å². The van der Waals surface area contributed by atoms with Crippen molar-refractivity contribution in [3.63, 3.8) is 0 Å². The molecule has 1 N–H and O–H groups in total. The van der Waals surface area contributed by atoms with Gasteiger partial charge < -0.3 is 9.16 Å². The smallest absolute Gasteiger partial charge is 0.426 e. The monoisotopic (exact) mass is 422 g/mol. The van der Waals surface area contributed by atoms with Crippen molar-refractivity contribution in [1.29, 1.82) is 0 Å². The van der Waals surface area contributed by atoms with E-state index in [9.17, 15) is 26.4 Å². The van der Waals surface area contributed by atoms with Crippen LogP contribution in [0, 0.1) is 0 Å². The number of rotatable bonds is 12. The summed E-state index contributed by atoms with van der Waals surface area (Å²) in [5.41, 5.74) is 0.261. The molecule has 0 bridgehead atoms. The second kappa shape index (κ2) is 10.6. The fourth-order valence-electron chi connectivity index (χ4n) is 2.55. The molecule has 0 aromatic carbocycles. The van der Waals surface area contributed by atoms with Crippen molar-refractivity contribution < 1.29 is 40.1 Å². The number of halogens is 3. The number of hydrogen-bond acceptors (Lipinski definition) is 5.